The van der Waals surface area contributed by atoms with E-state index in [0.29, 0.717) is 6.54 Å². The summed E-state index contributed by atoms with van der Waals surface area (Å²) in [5.41, 5.74) is 0. The molecule has 1 aliphatic heterocycles. The molecule has 3 nitrogen and oxygen atoms in total. The van der Waals surface area contributed by atoms with Gasteiger partial charge in [-0.25, -0.2) is 4.67 Å². The molecule has 1 atom stereocenters. The van der Waals surface area contributed by atoms with E-state index < -0.39 is 4.89 Å². The minimum absolute atomic E-state index is 0.298. The van der Waals surface area contributed by atoms with Crippen LogP contribution in [0.25, 0.3) is 0 Å². The summed E-state index contributed by atoms with van der Waals surface area (Å²) >= 11 is 16.6. The zero-order valence-electron chi connectivity index (χ0n) is 7.07. The topological polar surface area (TPSA) is 29.5 Å². The van der Waals surface area contributed by atoms with Gasteiger partial charge in [0.25, 0.3) is 0 Å². The van der Waals surface area contributed by atoms with Crippen LogP contribution in [0.3, 0.4) is 0 Å². The van der Waals surface area contributed by atoms with Gasteiger partial charge in [-0.2, -0.15) is 0 Å². The molecular formula is C6H10Cl2NO2PS. The van der Waals surface area contributed by atoms with Gasteiger partial charge in [0.2, 0.25) is 0 Å². The number of esters is 1. The highest BCUT2D eigenvalue weighted by molar-refractivity contribution is 8.37. The van der Waals surface area contributed by atoms with Crippen LogP contribution in [-0.4, -0.2) is 30.3 Å². The molecule has 1 fully saturated rings. The van der Waals surface area contributed by atoms with Crippen molar-refractivity contribution in [3.63, 3.8) is 0 Å². The fourth-order valence-electron chi connectivity index (χ4n) is 1.41. The quantitative estimate of drug-likeness (QED) is 0.564. The van der Waals surface area contributed by atoms with Crippen LogP contribution in [0.1, 0.15) is 12.8 Å². The molecule has 0 bridgehead atoms. The number of methoxy groups -OCH3 is 1. The third-order valence-corrected chi connectivity index (χ3v) is 4.87. The second-order valence-electron chi connectivity index (χ2n) is 2.78. The summed E-state index contributed by atoms with van der Waals surface area (Å²) in [6.45, 7) is 0.685. The smallest absolute Gasteiger partial charge is 0.323 e. The zero-order chi connectivity index (χ0) is 10.1. The normalized spacial score (nSPS) is 24.7. The Balaban J connectivity index is 2.75. The Bertz CT molecular complexity index is 257. The fraction of sp³-hybridized carbons (Fsp3) is 0.833. The van der Waals surface area contributed by atoms with E-state index in [-0.39, 0.29) is 12.0 Å². The minimum atomic E-state index is -2.53. The van der Waals surface area contributed by atoms with E-state index in [1.54, 1.807) is 4.67 Å². The van der Waals surface area contributed by atoms with E-state index in [1.165, 1.54) is 7.11 Å². The van der Waals surface area contributed by atoms with Crippen molar-refractivity contribution in [2.75, 3.05) is 13.7 Å². The van der Waals surface area contributed by atoms with E-state index in [9.17, 15) is 4.79 Å². The van der Waals surface area contributed by atoms with E-state index in [1.807, 2.05) is 0 Å². The van der Waals surface area contributed by atoms with Crippen molar-refractivity contribution in [1.29, 1.82) is 0 Å². The largest absolute Gasteiger partial charge is 0.468 e. The van der Waals surface area contributed by atoms with Crippen molar-refractivity contribution in [2.45, 2.75) is 18.9 Å². The minimum Gasteiger partial charge on any atom is -0.468 e. The molecule has 0 aliphatic carbocycles. The monoisotopic (exact) mass is 261 g/mol. The van der Waals surface area contributed by atoms with Crippen LogP contribution >= 0.6 is 27.4 Å². The molecule has 0 saturated carbocycles. The Labute approximate surface area is 92.0 Å². The summed E-state index contributed by atoms with van der Waals surface area (Å²) in [4.78, 5) is 8.74. The van der Waals surface area contributed by atoms with Gasteiger partial charge in [0.05, 0.1) is 7.11 Å². The molecule has 0 amide bonds. The molecule has 1 heterocycles. The van der Waals surface area contributed by atoms with Crippen molar-refractivity contribution >= 4 is 45.2 Å². The third-order valence-electron chi connectivity index (χ3n) is 2.00. The number of carbonyl (C=O) groups excluding carboxylic acids is 1. The van der Waals surface area contributed by atoms with Gasteiger partial charge in [-0.15, -0.1) is 0 Å². The Morgan fingerprint density at radius 3 is 2.77 bits per heavy atom. The number of halogens is 2. The number of hydrogen-bond donors (Lipinski definition) is 0. The Morgan fingerprint density at radius 2 is 2.31 bits per heavy atom. The van der Waals surface area contributed by atoms with Crippen LogP contribution in [0.5, 0.6) is 0 Å². The van der Waals surface area contributed by atoms with Gasteiger partial charge < -0.3 is 4.74 Å². The molecular weight excluding hydrogens is 252 g/mol. The molecule has 0 aromatic heterocycles. The number of nitrogens with zero attached hydrogens (tertiary/aromatic N) is 1. The molecule has 0 aromatic rings. The van der Waals surface area contributed by atoms with Gasteiger partial charge >= 0.3 is 5.97 Å². The SMILES string of the molecule is COC(=O)[C@@H]1CCCN1P(=S)(Cl)Cl. The maximum absolute atomic E-state index is 11.3. The van der Waals surface area contributed by atoms with Crippen LogP contribution in [0.15, 0.2) is 0 Å². The van der Waals surface area contributed by atoms with Crippen molar-refractivity contribution < 1.29 is 9.53 Å². The Hall–Kier alpha value is 0.660. The van der Waals surface area contributed by atoms with Gasteiger partial charge in [-0.05, 0) is 24.6 Å². The summed E-state index contributed by atoms with van der Waals surface area (Å²) < 4.78 is 6.31. The molecule has 1 rings (SSSR count). The van der Waals surface area contributed by atoms with Gasteiger partial charge in [0.1, 0.15) is 6.04 Å². The van der Waals surface area contributed by atoms with Gasteiger partial charge in [-0.1, -0.05) is 22.5 Å². The lowest BCUT2D eigenvalue weighted by Gasteiger charge is -2.25. The van der Waals surface area contributed by atoms with Crippen LogP contribution in [-0.2, 0) is 21.3 Å². The van der Waals surface area contributed by atoms with Crippen LogP contribution in [0.2, 0.25) is 0 Å². The lowest BCUT2D eigenvalue weighted by atomic mass is 10.2. The number of carbonyl (C=O) groups is 1. The first-order valence-corrected chi connectivity index (χ1v) is 8.37. The number of hydrogen-bond acceptors (Lipinski definition) is 3. The van der Waals surface area contributed by atoms with Crippen molar-refractivity contribution in [2.24, 2.45) is 0 Å². The fourth-order valence-corrected chi connectivity index (χ4v) is 3.99. The zero-order valence-corrected chi connectivity index (χ0v) is 10.3. The molecule has 1 saturated heterocycles. The van der Waals surface area contributed by atoms with Crippen LogP contribution in [0, 0.1) is 0 Å². The molecule has 0 aromatic carbocycles. The van der Waals surface area contributed by atoms with E-state index in [2.05, 4.69) is 4.74 Å². The number of ether oxygens (including phenoxy) is 1. The Morgan fingerprint density at radius 1 is 1.69 bits per heavy atom. The highest BCUT2D eigenvalue weighted by Crippen LogP contribution is 2.62. The predicted octanol–water partition coefficient (Wildman–Crippen LogP) is 2.33. The molecule has 0 radical (unpaired) electrons. The van der Waals surface area contributed by atoms with E-state index in [0.717, 1.165) is 12.8 Å². The second-order valence-corrected chi connectivity index (χ2v) is 10.4. The van der Waals surface area contributed by atoms with Gasteiger partial charge in [0, 0.05) is 6.54 Å². The van der Waals surface area contributed by atoms with Crippen LogP contribution in [0.4, 0.5) is 0 Å². The first-order valence-electron chi connectivity index (χ1n) is 3.81. The molecule has 0 spiro atoms. The molecule has 1 aliphatic rings. The lowest BCUT2D eigenvalue weighted by Crippen LogP contribution is -2.32. The first-order chi connectivity index (χ1) is 5.96. The van der Waals surface area contributed by atoms with Crippen molar-refractivity contribution in [3.8, 4) is 0 Å². The standard InChI is InChI=1S/C6H10Cl2NO2PS/c1-11-6(10)5-3-2-4-9(5)12(7,8)13/h5H,2-4H2,1H3/t5-/m0/s1. The average molecular weight is 262 g/mol. The maximum Gasteiger partial charge on any atom is 0.323 e. The molecule has 13 heavy (non-hydrogen) atoms. The Kier molecular flexibility index (Phi) is 4.02. The number of rotatable bonds is 2. The highest BCUT2D eigenvalue weighted by Gasteiger charge is 2.38. The van der Waals surface area contributed by atoms with E-state index >= 15 is 0 Å². The lowest BCUT2D eigenvalue weighted by molar-refractivity contribution is -0.144. The maximum atomic E-state index is 11.3. The molecule has 7 heteroatoms. The molecule has 76 valence electrons. The van der Waals surface area contributed by atoms with Crippen LogP contribution < -0.4 is 0 Å². The second kappa shape index (κ2) is 4.45. The van der Waals surface area contributed by atoms with Crippen molar-refractivity contribution in [3.05, 3.63) is 0 Å². The van der Waals surface area contributed by atoms with E-state index in [4.69, 9.17) is 34.3 Å². The summed E-state index contributed by atoms with van der Waals surface area (Å²) in [5.74, 6) is -0.298. The average Bonchev–Trinajstić information content (AvgIpc) is 2.49. The molecule has 0 N–H and O–H groups in total. The summed E-state index contributed by atoms with van der Waals surface area (Å²) in [6, 6.07) is -0.342. The van der Waals surface area contributed by atoms with Gasteiger partial charge in [-0.3, -0.25) is 4.79 Å². The summed E-state index contributed by atoms with van der Waals surface area (Å²) in [6.07, 6.45) is 1.61. The summed E-state index contributed by atoms with van der Waals surface area (Å²) in [5, 5.41) is 0. The first kappa shape index (κ1) is 11.7. The summed E-state index contributed by atoms with van der Waals surface area (Å²) in [7, 11) is 1.35. The third kappa shape index (κ3) is 2.80. The van der Waals surface area contributed by atoms with Crippen molar-refractivity contribution in [1.82, 2.24) is 4.67 Å². The predicted molar refractivity (Wildman–Crippen MR) is 57.7 cm³/mol. The molecule has 0 unspecified atom stereocenters. The highest BCUT2D eigenvalue weighted by atomic mass is 35.9. The van der Waals surface area contributed by atoms with Gasteiger partial charge in [0.15, 0.2) is 4.89 Å².